The predicted molar refractivity (Wildman–Crippen MR) is 50.9 cm³/mol. The summed E-state index contributed by atoms with van der Waals surface area (Å²) in [5.74, 6) is -1.59. The van der Waals surface area contributed by atoms with E-state index in [1.165, 1.54) is 12.1 Å². The van der Waals surface area contributed by atoms with E-state index in [1.807, 2.05) is 0 Å². The molecule has 0 fully saturated rings. The number of carbonyl (C=O) groups is 1. The Morgan fingerprint density at radius 1 is 1.57 bits per heavy atom. The van der Waals surface area contributed by atoms with E-state index in [0.29, 0.717) is 11.1 Å². The molecule has 0 atom stereocenters. The number of hydrogen-bond acceptors (Lipinski definition) is 2. The van der Waals surface area contributed by atoms with Crippen molar-refractivity contribution in [2.45, 2.75) is 6.92 Å². The van der Waals surface area contributed by atoms with Gasteiger partial charge in [-0.1, -0.05) is 12.1 Å². The van der Waals surface area contributed by atoms with Gasteiger partial charge in [0.1, 0.15) is 11.5 Å². The number of aryl methyl sites for hydroxylation is 1. The first-order chi connectivity index (χ1) is 6.50. The molecule has 0 aliphatic heterocycles. The van der Waals surface area contributed by atoms with Crippen molar-refractivity contribution < 1.29 is 14.3 Å². The van der Waals surface area contributed by atoms with Gasteiger partial charge in [0.05, 0.1) is 0 Å². The second-order valence-electron chi connectivity index (χ2n) is 2.91. The summed E-state index contributed by atoms with van der Waals surface area (Å²) < 4.78 is 13.0. The predicted octanol–water partition coefficient (Wildman–Crippen LogP) is 1.52. The summed E-state index contributed by atoms with van der Waals surface area (Å²) in [6.45, 7) is 1.63. The van der Waals surface area contributed by atoms with E-state index in [9.17, 15) is 9.18 Å². The quantitative estimate of drug-likeness (QED) is 0.703. The second-order valence-corrected chi connectivity index (χ2v) is 2.91. The highest BCUT2D eigenvalue weighted by molar-refractivity contribution is 5.90. The first kappa shape index (κ1) is 10.2. The molecule has 1 rings (SSSR count). The number of halogens is 1. The molecule has 0 saturated heterocycles. The van der Waals surface area contributed by atoms with Gasteiger partial charge in [-0.05, 0) is 30.2 Å². The summed E-state index contributed by atoms with van der Waals surface area (Å²) in [5, 5.41) is 8.48. The number of nitrogens with two attached hydrogens (primary N) is 1. The zero-order chi connectivity index (χ0) is 10.7. The molecule has 0 spiro atoms. The highest BCUT2D eigenvalue weighted by Gasteiger charge is 2.02. The third-order valence-electron chi connectivity index (χ3n) is 1.77. The van der Waals surface area contributed by atoms with Gasteiger partial charge in [0.15, 0.2) is 0 Å². The van der Waals surface area contributed by atoms with Crippen molar-refractivity contribution in [2.75, 3.05) is 0 Å². The molecule has 0 aliphatic rings. The standard InChI is InChI=1S/C10H10FNO2/c1-6-2-3-7(4-8(6)11)5-9(12)10(13)14/h2-5H,12H2,1H3,(H,13,14)/b9-5+. The maximum Gasteiger partial charge on any atom is 0.351 e. The van der Waals surface area contributed by atoms with E-state index in [-0.39, 0.29) is 11.5 Å². The number of rotatable bonds is 2. The Labute approximate surface area is 80.7 Å². The van der Waals surface area contributed by atoms with Gasteiger partial charge in [-0.15, -0.1) is 0 Å². The van der Waals surface area contributed by atoms with E-state index >= 15 is 0 Å². The maximum atomic E-state index is 13.0. The van der Waals surface area contributed by atoms with E-state index in [1.54, 1.807) is 19.1 Å². The molecule has 0 radical (unpaired) electrons. The van der Waals surface area contributed by atoms with Crippen LogP contribution in [0.2, 0.25) is 0 Å². The lowest BCUT2D eigenvalue weighted by atomic mass is 10.1. The summed E-state index contributed by atoms with van der Waals surface area (Å²) in [5.41, 5.74) is 5.81. The van der Waals surface area contributed by atoms with Crippen molar-refractivity contribution in [1.29, 1.82) is 0 Å². The van der Waals surface area contributed by atoms with Crippen LogP contribution in [0.3, 0.4) is 0 Å². The molecule has 0 aromatic heterocycles. The minimum Gasteiger partial charge on any atom is -0.477 e. The zero-order valence-corrected chi connectivity index (χ0v) is 7.62. The topological polar surface area (TPSA) is 63.3 Å². The van der Waals surface area contributed by atoms with Crippen molar-refractivity contribution in [3.8, 4) is 0 Å². The summed E-state index contributed by atoms with van der Waals surface area (Å²) in [6, 6.07) is 4.41. The number of aliphatic carboxylic acids is 1. The molecule has 0 saturated carbocycles. The number of carboxylic acid groups (broad SMARTS) is 1. The number of carboxylic acids is 1. The largest absolute Gasteiger partial charge is 0.477 e. The molecule has 3 nitrogen and oxygen atoms in total. The summed E-state index contributed by atoms with van der Waals surface area (Å²) in [4.78, 5) is 10.4. The number of hydrogen-bond donors (Lipinski definition) is 2. The van der Waals surface area contributed by atoms with Crippen LogP contribution in [0.25, 0.3) is 6.08 Å². The molecule has 3 N–H and O–H groups in total. The summed E-state index contributed by atoms with van der Waals surface area (Å²) >= 11 is 0. The number of benzene rings is 1. The molecule has 74 valence electrons. The summed E-state index contributed by atoms with van der Waals surface area (Å²) in [6.07, 6.45) is 1.21. The Balaban J connectivity index is 3.04. The molecular formula is C10H10FNO2. The zero-order valence-electron chi connectivity index (χ0n) is 7.62. The minimum atomic E-state index is -1.22. The van der Waals surface area contributed by atoms with Gasteiger partial charge in [0.2, 0.25) is 0 Å². The Hall–Kier alpha value is -1.84. The molecule has 0 heterocycles. The molecule has 1 aromatic rings. The second kappa shape index (κ2) is 3.91. The Morgan fingerprint density at radius 3 is 2.71 bits per heavy atom. The van der Waals surface area contributed by atoms with Crippen LogP contribution >= 0.6 is 0 Å². The average molecular weight is 195 g/mol. The van der Waals surface area contributed by atoms with Crippen molar-refractivity contribution in [1.82, 2.24) is 0 Å². The fourth-order valence-corrected chi connectivity index (χ4v) is 0.940. The molecule has 0 amide bonds. The van der Waals surface area contributed by atoms with Crippen LogP contribution in [0.1, 0.15) is 11.1 Å². The normalized spacial score (nSPS) is 11.4. The Morgan fingerprint density at radius 2 is 2.21 bits per heavy atom. The van der Waals surface area contributed by atoms with Crippen molar-refractivity contribution in [3.63, 3.8) is 0 Å². The van der Waals surface area contributed by atoms with Crippen molar-refractivity contribution in [3.05, 3.63) is 40.8 Å². The first-order valence-electron chi connectivity index (χ1n) is 3.97. The molecule has 4 heteroatoms. The highest BCUT2D eigenvalue weighted by atomic mass is 19.1. The van der Waals surface area contributed by atoms with Crippen molar-refractivity contribution >= 4 is 12.0 Å². The van der Waals surface area contributed by atoms with Crippen LogP contribution in [-0.2, 0) is 4.79 Å². The Kier molecular flexibility index (Phi) is 2.86. The van der Waals surface area contributed by atoms with Gasteiger partial charge in [-0.2, -0.15) is 0 Å². The van der Waals surface area contributed by atoms with Gasteiger partial charge in [-0.25, -0.2) is 9.18 Å². The SMILES string of the molecule is Cc1ccc(/C=C(/N)C(=O)O)cc1F. The van der Waals surface area contributed by atoms with Crippen LogP contribution < -0.4 is 5.73 Å². The van der Waals surface area contributed by atoms with E-state index in [4.69, 9.17) is 10.8 Å². The lowest BCUT2D eigenvalue weighted by Crippen LogP contribution is -2.09. The Bertz CT molecular complexity index is 399. The summed E-state index contributed by atoms with van der Waals surface area (Å²) in [7, 11) is 0. The van der Waals surface area contributed by atoms with Gasteiger partial charge in [0, 0.05) is 0 Å². The molecule has 0 aliphatic carbocycles. The van der Waals surface area contributed by atoms with Crippen LogP contribution in [0, 0.1) is 12.7 Å². The average Bonchev–Trinajstić information content (AvgIpc) is 2.11. The molecule has 0 unspecified atom stereocenters. The fourth-order valence-electron chi connectivity index (χ4n) is 0.940. The fraction of sp³-hybridized carbons (Fsp3) is 0.100. The van der Waals surface area contributed by atoms with Crippen LogP contribution in [0.5, 0.6) is 0 Å². The van der Waals surface area contributed by atoms with Gasteiger partial charge in [-0.3, -0.25) is 0 Å². The smallest absolute Gasteiger partial charge is 0.351 e. The lowest BCUT2D eigenvalue weighted by Gasteiger charge is -1.98. The van der Waals surface area contributed by atoms with E-state index < -0.39 is 5.97 Å². The third-order valence-corrected chi connectivity index (χ3v) is 1.77. The highest BCUT2D eigenvalue weighted by Crippen LogP contribution is 2.11. The maximum absolute atomic E-state index is 13.0. The van der Waals surface area contributed by atoms with Gasteiger partial charge >= 0.3 is 5.97 Å². The molecule has 14 heavy (non-hydrogen) atoms. The molecule has 0 bridgehead atoms. The van der Waals surface area contributed by atoms with Crippen LogP contribution in [0.4, 0.5) is 4.39 Å². The minimum absolute atomic E-state index is 0.312. The van der Waals surface area contributed by atoms with Crippen molar-refractivity contribution in [2.24, 2.45) is 5.73 Å². The van der Waals surface area contributed by atoms with E-state index in [2.05, 4.69) is 0 Å². The van der Waals surface area contributed by atoms with Crippen LogP contribution in [-0.4, -0.2) is 11.1 Å². The molecular weight excluding hydrogens is 185 g/mol. The lowest BCUT2D eigenvalue weighted by molar-refractivity contribution is -0.132. The van der Waals surface area contributed by atoms with Gasteiger partial charge < -0.3 is 10.8 Å². The monoisotopic (exact) mass is 195 g/mol. The molecule has 1 aromatic carbocycles. The third kappa shape index (κ3) is 2.32. The first-order valence-corrected chi connectivity index (χ1v) is 3.97. The van der Waals surface area contributed by atoms with Crippen LogP contribution in [0.15, 0.2) is 23.9 Å². The van der Waals surface area contributed by atoms with Gasteiger partial charge in [0.25, 0.3) is 0 Å². The van der Waals surface area contributed by atoms with E-state index in [0.717, 1.165) is 0 Å².